The van der Waals surface area contributed by atoms with Crippen molar-refractivity contribution in [3.05, 3.63) is 34.9 Å². The van der Waals surface area contributed by atoms with Gasteiger partial charge in [-0.15, -0.1) is 0 Å². The number of amides is 1. The molecule has 0 N–H and O–H groups in total. The van der Waals surface area contributed by atoms with E-state index in [-0.39, 0.29) is 5.91 Å². The highest BCUT2D eigenvalue weighted by atomic mass is 16.2. The average Bonchev–Trinajstić information content (AvgIpc) is 2.41. The maximum atomic E-state index is 12.5. The van der Waals surface area contributed by atoms with E-state index >= 15 is 0 Å². The predicted molar refractivity (Wildman–Crippen MR) is 83.1 cm³/mol. The van der Waals surface area contributed by atoms with Gasteiger partial charge in [-0.05, 0) is 43.0 Å². The topological polar surface area (TPSA) is 23.6 Å². The van der Waals surface area contributed by atoms with E-state index in [0.717, 1.165) is 38.3 Å². The molecule has 0 aromatic heterocycles. The molecule has 0 unspecified atom stereocenters. The minimum Gasteiger partial charge on any atom is -0.336 e. The SMILES string of the molecule is Cc1ccc(C(=O)N2CCN(CC(C)C)CC2)cc1C. The quantitative estimate of drug-likeness (QED) is 0.846. The number of rotatable bonds is 3. The van der Waals surface area contributed by atoms with Gasteiger partial charge in [0.1, 0.15) is 0 Å². The van der Waals surface area contributed by atoms with Crippen molar-refractivity contribution in [3.8, 4) is 0 Å². The molecule has 0 radical (unpaired) electrons. The van der Waals surface area contributed by atoms with Crippen LogP contribution in [0.15, 0.2) is 18.2 Å². The summed E-state index contributed by atoms with van der Waals surface area (Å²) in [5.74, 6) is 0.870. The molecule has 2 rings (SSSR count). The average molecular weight is 274 g/mol. The Balaban J connectivity index is 1.96. The first-order valence-corrected chi connectivity index (χ1v) is 7.56. The third-order valence-corrected chi connectivity index (χ3v) is 4.04. The Labute approximate surface area is 122 Å². The van der Waals surface area contributed by atoms with Crippen molar-refractivity contribution >= 4 is 5.91 Å². The Morgan fingerprint density at radius 1 is 1.10 bits per heavy atom. The number of piperazine rings is 1. The molecular formula is C17H26N2O. The molecule has 0 atom stereocenters. The molecule has 1 aliphatic rings. The normalized spacial score (nSPS) is 16.8. The number of nitrogens with zero attached hydrogens (tertiary/aromatic N) is 2. The van der Waals surface area contributed by atoms with Crippen LogP contribution in [0.5, 0.6) is 0 Å². The van der Waals surface area contributed by atoms with Crippen LogP contribution in [0.2, 0.25) is 0 Å². The Morgan fingerprint density at radius 2 is 1.75 bits per heavy atom. The minimum atomic E-state index is 0.178. The van der Waals surface area contributed by atoms with Crippen molar-refractivity contribution in [1.82, 2.24) is 9.80 Å². The summed E-state index contributed by atoms with van der Waals surface area (Å²) in [6, 6.07) is 6.00. The lowest BCUT2D eigenvalue weighted by atomic mass is 10.1. The summed E-state index contributed by atoms with van der Waals surface area (Å²) in [5.41, 5.74) is 3.25. The van der Waals surface area contributed by atoms with Crippen LogP contribution in [0.1, 0.15) is 35.3 Å². The lowest BCUT2D eigenvalue weighted by molar-refractivity contribution is 0.0623. The number of hydrogen-bond acceptors (Lipinski definition) is 2. The number of benzene rings is 1. The molecule has 0 spiro atoms. The van der Waals surface area contributed by atoms with E-state index in [1.807, 2.05) is 23.1 Å². The van der Waals surface area contributed by atoms with Gasteiger partial charge in [-0.1, -0.05) is 19.9 Å². The van der Waals surface area contributed by atoms with Crippen molar-refractivity contribution in [2.75, 3.05) is 32.7 Å². The third-order valence-electron chi connectivity index (χ3n) is 4.04. The van der Waals surface area contributed by atoms with Gasteiger partial charge in [0.25, 0.3) is 5.91 Å². The van der Waals surface area contributed by atoms with Crippen molar-refractivity contribution in [1.29, 1.82) is 0 Å². The summed E-state index contributed by atoms with van der Waals surface area (Å²) in [6.45, 7) is 13.4. The van der Waals surface area contributed by atoms with Crippen LogP contribution in [-0.4, -0.2) is 48.4 Å². The zero-order chi connectivity index (χ0) is 14.7. The highest BCUT2D eigenvalue weighted by Gasteiger charge is 2.22. The van der Waals surface area contributed by atoms with Gasteiger partial charge >= 0.3 is 0 Å². The molecule has 1 aromatic carbocycles. The van der Waals surface area contributed by atoms with Crippen molar-refractivity contribution in [3.63, 3.8) is 0 Å². The van der Waals surface area contributed by atoms with Gasteiger partial charge < -0.3 is 4.90 Å². The van der Waals surface area contributed by atoms with Gasteiger partial charge in [0.05, 0.1) is 0 Å². The molecule has 1 saturated heterocycles. The monoisotopic (exact) mass is 274 g/mol. The van der Waals surface area contributed by atoms with E-state index < -0.39 is 0 Å². The van der Waals surface area contributed by atoms with Gasteiger partial charge in [0.15, 0.2) is 0 Å². The van der Waals surface area contributed by atoms with Gasteiger partial charge in [0, 0.05) is 38.3 Å². The Bertz CT molecular complexity index is 474. The largest absolute Gasteiger partial charge is 0.336 e. The predicted octanol–water partition coefficient (Wildman–Crippen LogP) is 2.72. The fourth-order valence-corrected chi connectivity index (χ4v) is 2.71. The van der Waals surface area contributed by atoms with Crippen LogP contribution in [0.3, 0.4) is 0 Å². The molecule has 1 aliphatic heterocycles. The summed E-state index contributed by atoms with van der Waals surface area (Å²) in [7, 11) is 0. The van der Waals surface area contributed by atoms with Crippen LogP contribution >= 0.6 is 0 Å². The molecule has 1 amide bonds. The second-order valence-electron chi connectivity index (χ2n) is 6.29. The number of aryl methyl sites for hydroxylation is 2. The standard InChI is InChI=1S/C17H26N2O/c1-13(2)12-18-7-9-19(10-8-18)17(20)16-6-5-14(3)15(4)11-16/h5-6,11,13H,7-10,12H2,1-4H3. The van der Waals surface area contributed by atoms with Crippen LogP contribution in [-0.2, 0) is 0 Å². The van der Waals surface area contributed by atoms with Crippen molar-refractivity contribution < 1.29 is 4.79 Å². The number of carbonyl (C=O) groups excluding carboxylic acids is 1. The first-order chi connectivity index (χ1) is 9.47. The van der Waals surface area contributed by atoms with E-state index in [0.29, 0.717) is 5.92 Å². The number of hydrogen-bond donors (Lipinski definition) is 0. The summed E-state index contributed by atoms with van der Waals surface area (Å²) >= 11 is 0. The van der Waals surface area contributed by atoms with Crippen molar-refractivity contribution in [2.24, 2.45) is 5.92 Å². The second-order valence-corrected chi connectivity index (χ2v) is 6.29. The lowest BCUT2D eigenvalue weighted by Crippen LogP contribution is -2.49. The molecule has 0 saturated carbocycles. The van der Waals surface area contributed by atoms with Crippen LogP contribution in [0.4, 0.5) is 0 Å². The van der Waals surface area contributed by atoms with Crippen LogP contribution in [0.25, 0.3) is 0 Å². The molecule has 0 bridgehead atoms. The molecule has 20 heavy (non-hydrogen) atoms. The van der Waals surface area contributed by atoms with Crippen LogP contribution in [0, 0.1) is 19.8 Å². The van der Waals surface area contributed by atoms with Gasteiger partial charge in [-0.3, -0.25) is 9.69 Å². The zero-order valence-corrected chi connectivity index (χ0v) is 13.1. The smallest absolute Gasteiger partial charge is 0.253 e. The van der Waals surface area contributed by atoms with Gasteiger partial charge in [0.2, 0.25) is 0 Å². The highest BCUT2D eigenvalue weighted by Crippen LogP contribution is 2.14. The fraction of sp³-hybridized carbons (Fsp3) is 0.588. The lowest BCUT2D eigenvalue weighted by Gasteiger charge is -2.35. The summed E-state index contributed by atoms with van der Waals surface area (Å²) in [5, 5.41) is 0. The Hall–Kier alpha value is -1.35. The van der Waals surface area contributed by atoms with Gasteiger partial charge in [-0.25, -0.2) is 0 Å². The molecule has 0 aliphatic carbocycles. The van der Waals surface area contributed by atoms with Crippen molar-refractivity contribution in [2.45, 2.75) is 27.7 Å². The molecular weight excluding hydrogens is 248 g/mol. The maximum absolute atomic E-state index is 12.5. The molecule has 110 valence electrons. The maximum Gasteiger partial charge on any atom is 0.253 e. The third kappa shape index (κ3) is 3.60. The van der Waals surface area contributed by atoms with E-state index in [2.05, 4.69) is 32.6 Å². The molecule has 1 fully saturated rings. The molecule has 1 aromatic rings. The molecule has 1 heterocycles. The van der Waals surface area contributed by atoms with E-state index in [1.54, 1.807) is 0 Å². The second kappa shape index (κ2) is 6.40. The minimum absolute atomic E-state index is 0.178. The summed E-state index contributed by atoms with van der Waals surface area (Å²) in [6.07, 6.45) is 0. The fourth-order valence-electron chi connectivity index (χ4n) is 2.71. The number of carbonyl (C=O) groups is 1. The Kier molecular flexibility index (Phi) is 4.81. The summed E-state index contributed by atoms with van der Waals surface area (Å²) < 4.78 is 0. The van der Waals surface area contributed by atoms with E-state index in [1.165, 1.54) is 11.1 Å². The first-order valence-electron chi connectivity index (χ1n) is 7.56. The molecule has 3 heteroatoms. The molecule has 3 nitrogen and oxygen atoms in total. The van der Waals surface area contributed by atoms with Crippen LogP contribution < -0.4 is 0 Å². The summed E-state index contributed by atoms with van der Waals surface area (Å²) in [4.78, 5) is 16.9. The van der Waals surface area contributed by atoms with E-state index in [9.17, 15) is 4.79 Å². The Morgan fingerprint density at radius 3 is 2.30 bits per heavy atom. The first kappa shape index (κ1) is 15.0. The zero-order valence-electron chi connectivity index (χ0n) is 13.1. The van der Waals surface area contributed by atoms with E-state index in [4.69, 9.17) is 0 Å². The van der Waals surface area contributed by atoms with Gasteiger partial charge in [-0.2, -0.15) is 0 Å². The highest BCUT2D eigenvalue weighted by molar-refractivity contribution is 5.94.